The summed E-state index contributed by atoms with van der Waals surface area (Å²) in [5.74, 6) is -1.83. The molecule has 0 saturated carbocycles. The summed E-state index contributed by atoms with van der Waals surface area (Å²) in [6.45, 7) is 0. The van der Waals surface area contributed by atoms with Gasteiger partial charge in [0.2, 0.25) is 15.6 Å². The molecule has 0 fully saturated rings. The van der Waals surface area contributed by atoms with Gasteiger partial charge in [-0.15, -0.1) is 5.10 Å². The topological polar surface area (TPSA) is 103 Å². The van der Waals surface area contributed by atoms with Crippen molar-refractivity contribution in [3.05, 3.63) is 72.6 Å². The maximum atomic E-state index is 14.2. The first-order chi connectivity index (χ1) is 14.6. The molecule has 0 bridgehead atoms. The van der Waals surface area contributed by atoms with Gasteiger partial charge in [0.25, 0.3) is 0 Å². The molecule has 1 aromatic heterocycles. The zero-order valence-corrected chi connectivity index (χ0v) is 16.9. The van der Waals surface area contributed by atoms with E-state index in [4.69, 9.17) is 0 Å². The molecule has 0 saturated heterocycles. The highest BCUT2D eigenvalue weighted by Gasteiger charge is 2.64. The fourth-order valence-corrected chi connectivity index (χ4v) is 4.21. The molecule has 1 N–H and O–H groups in total. The van der Waals surface area contributed by atoms with Crippen LogP contribution in [0.4, 0.5) is 13.2 Å². The van der Waals surface area contributed by atoms with E-state index in [9.17, 15) is 26.4 Å². The Balaban J connectivity index is 2.05. The van der Waals surface area contributed by atoms with Gasteiger partial charge in [0.15, 0.2) is 0 Å². The number of hydrogen-bond donors (Lipinski definition) is 1. The molecule has 1 heterocycles. The van der Waals surface area contributed by atoms with E-state index in [-0.39, 0.29) is 5.69 Å². The number of esters is 1. The molecule has 3 rings (SSSR count). The lowest BCUT2D eigenvalue weighted by molar-refractivity contribution is -0.207. The van der Waals surface area contributed by atoms with E-state index in [1.807, 2.05) is 0 Å². The summed E-state index contributed by atoms with van der Waals surface area (Å²) >= 11 is 0. The third-order valence-electron chi connectivity index (χ3n) is 4.39. The van der Waals surface area contributed by atoms with Crippen LogP contribution in [0, 0.1) is 0 Å². The molecule has 0 aliphatic rings. The smallest absolute Gasteiger partial charge is 0.418 e. The van der Waals surface area contributed by atoms with E-state index in [0.717, 1.165) is 19.2 Å². The molecule has 0 amide bonds. The number of para-hydroxylation sites is 1. The number of benzene rings is 2. The van der Waals surface area contributed by atoms with Gasteiger partial charge in [-0.3, -0.25) is 0 Å². The summed E-state index contributed by atoms with van der Waals surface area (Å²) in [7, 11) is -4.01. The number of methoxy groups -OCH3 is 1. The van der Waals surface area contributed by atoms with E-state index >= 15 is 0 Å². The Kier molecular flexibility index (Phi) is 6.13. The number of carbonyl (C=O) groups excluding carboxylic acids is 1. The van der Waals surface area contributed by atoms with Crippen molar-refractivity contribution in [2.75, 3.05) is 7.11 Å². The first kappa shape index (κ1) is 22.4. The molecule has 1 atom stereocenters. The highest BCUT2D eigenvalue weighted by molar-refractivity contribution is 7.89. The number of alkyl halides is 3. The van der Waals surface area contributed by atoms with Crippen molar-refractivity contribution in [2.45, 2.75) is 23.0 Å². The Hall–Kier alpha value is -3.25. The summed E-state index contributed by atoms with van der Waals surface area (Å²) in [4.78, 5) is 11.9. The number of nitrogens with zero attached hydrogens (tertiary/aromatic N) is 3. The Morgan fingerprint density at radius 2 is 1.65 bits per heavy atom. The van der Waals surface area contributed by atoms with Crippen LogP contribution in [0.2, 0.25) is 0 Å². The maximum Gasteiger partial charge on any atom is 0.418 e. The van der Waals surface area contributed by atoms with Crippen LogP contribution >= 0.6 is 0 Å². The van der Waals surface area contributed by atoms with E-state index in [2.05, 4.69) is 15.0 Å². The Labute approximate surface area is 175 Å². The molecule has 0 aliphatic carbocycles. The normalized spacial score (nSPS) is 14.1. The average Bonchev–Trinajstić information content (AvgIpc) is 3.21. The predicted molar refractivity (Wildman–Crippen MR) is 103 cm³/mol. The van der Waals surface area contributed by atoms with Crippen molar-refractivity contribution < 1.29 is 31.1 Å². The summed E-state index contributed by atoms with van der Waals surface area (Å²) < 4.78 is 75.0. The fourth-order valence-electron chi connectivity index (χ4n) is 2.84. The summed E-state index contributed by atoms with van der Waals surface area (Å²) in [6, 6.07) is 14.8. The summed E-state index contributed by atoms with van der Waals surface area (Å²) in [6.07, 6.45) is -5.34. The van der Waals surface area contributed by atoms with Crippen molar-refractivity contribution >= 4 is 16.0 Å². The molecule has 0 radical (unpaired) electrons. The second kappa shape index (κ2) is 8.47. The van der Waals surface area contributed by atoms with E-state index in [1.165, 1.54) is 33.8 Å². The van der Waals surface area contributed by atoms with Crippen LogP contribution in [0.3, 0.4) is 0 Å². The van der Waals surface area contributed by atoms with Crippen molar-refractivity contribution in [3.8, 4) is 5.69 Å². The third kappa shape index (κ3) is 4.59. The lowest BCUT2D eigenvalue weighted by Crippen LogP contribution is -2.65. The van der Waals surface area contributed by atoms with Gasteiger partial charge < -0.3 is 4.74 Å². The highest BCUT2D eigenvalue weighted by atomic mass is 32.2. The molecular formula is C19H17F3N4O4S. The first-order valence-electron chi connectivity index (χ1n) is 8.80. The van der Waals surface area contributed by atoms with Gasteiger partial charge in [0.05, 0.1) is 29.6 Å². The molecule has 2 aromatic carbocycles. The average molecular weight is 454 g/mol. The number of halogens is 3. The zero-order valence-electron chi connectivity index (χ0n) is 16.1. The molecule has 31 heavy (non-hydrogen) atoms. The van der Waals surface area contributed by atoms with Crippen LogP contribution in [0.25, 0.3) is 5.69 Å². The third-order valence-corrected chi connectivity index (χ3v) is 5.90. The Morgan fingerprint density at radius 3 is 2.19 bits per heavy atom. The maximum absolute atomic E-state index is 14.2. The zero-order chi connectivity index (χ0) is 22.7. The van der Waals surface area contributed by atoms with Crippen LogP contribution in [-0.2, 0) is 26.0 Å². The van der Waals surface area contributed by atoms with Crippen LogP contribution in [-0.4, -0.2) is 48.2 Å². The molecule has 164 valence electrons. The highest BCUT2D eigenvalue weighted by Crippen LogP contribution is 2.36. The van der Waals surface area contributed by atoms with Gasteiger partial charge in [-0.05, 0) is 24.3 Å². The first-order valence-corrected chi connectivity index (χ1v) is 10.3. The number of nitrogens with one attached hydrogen (secondary N) is 1. The number of carbonyl (C=O) groups is 1. The number of rotatable bonds is 7. The minimum absolute atomic E-state index is 0.276. The van der Waals surface area contributed by atoms with Crippen molar-refractivity contribution in [3.63, 3.8) is 0 Å². The monoisotopic (exact) mass is 454 g/mol. The van der Waals surface area contributed by atoms with Crippen molar-refractivity contribution in [1.82, 2.24) is 19.7 Å². The van der Waals surface area contributed by atoms with Crippen molar-refractivity contribution in [2.24, 2.45) is 0 Å². The Morgan fingerprint density at radius 1 is 1.06 bits per heavy atom. The SMILES string of the molecule is COC(=O)C(Cc1cn(-c2ccccc2)nn1)(NS(=O)(=O)c1ccccc1)C(F)(F)F. The molecule has 8 nitrogen and oxygen atoms in total. The quantitative estimate of drug-likeness (QED) is 0.550. The summed E-state index contributed by atoms with van der Waals surface area (Å²) in [5.41, 5.74) is -3.38. The van der Waals surface area contributed by atoms with Gasteiger partial charge >= 0.3 is 12.1 Å². The second-order valence-corrected chi connectivity index (χ2v) is 8.16. The van der Waals surface area contributed by atoms with Crippen LogP contribution in [0.1, 0.15) is 5.69 Å². The van der Waals surface area contributed by atoms with Gasteiger partial charge in [-0.25, -0.2) is 17.9 Å². The molecule has 0 spiro atoms. The van der Waals surface area contributed by atoms with Gasteiger partial charge in [0.1, 0.15) is 0 Å². The number of ether oxygens (including phenoxy) is 1. The largest absolute Gasteiger partial charge is 0.467 e. The van der Waals surface area contributed by atoms with E-state index in [0.29, 0.717) is 5.69 Å². The minimum Gasteiger partial charge on any atom is -0.467 e. The number of hydrogen-bond acceptors (Lipinski definition) is 6. The lowest BCUT2D eigenvalue weighted by atomic mass is 9.94. The lowest BCUT2D eigenvalue weighted by Gasteiger charge is -2.32. The molecule has 0 aliphatic heterocycles. The predicted octanol–water partition coefficient (Wildman–Crippen LogP) is 2.26. The molecule has 1 unspecified atom stereocenters. The Bertz CT molecular complexity index is 1150. The number of sulfonamides is 1. The summed E-state index contributed by atoms with van der Waals surface area (Å²) in [5, 5.41) is 7.44. The molecule has 12 heteroatoms. The fraction of sp³-hybridized carbons (Fsp3) is 0.211. The van der Waals surface area contributed by atoms with E-state index in [1.54, 1.807) is 30.3 Å². The van der Waals surface area contributed by atoms with Gasteiger partial charge in [-0.2, -0.15) is 17.9 Å². The second-order valence-electron chi connectivity index (χ2n) is 6.48. The van der Waals surface area contributed by atoms with Crippen LogP contribution in [0.15, 0.2) is 71.8 Å². The molecular weight excluding hydrogens is 437 g/mol. The van der Waals surface area contributed by atoms with E-state index < -0.39 is 39.0 Å². The standard InChI is InChI=1S/C19H17F3N4O4S/c1-30-17(27)18(19(20,21)22,24-31(28,29)16-10-6-3-7-11-16)12-14-13-26(25-23-14)15-8-4-2-5-9-15/h2-11,13,24H,12H2,1H3. The van der Waals surface area contributed by atoms with Crippen LogP contribution in [0.5, 0.6) is 0 Å². The van der Waals surface area contributed by atoms with Crippen molar-refractivity contribution in [1.29, 1.82) is 0 Å². The van der Waals surface area contributed by atoms with Gasteiger partial charge in [-0.1, -0.05) is 41.6 Å². The van der Waals surface area contributed by atoms with Gasteiger partial charge in [0, 0.05) is 6.42 Å². The van der Waals surface area contributed by atoms with Crippen LogP contribution < -0.4 is 4.72 Å². The minimum atomic E-state index is -5.35. The molecule has 3 aromatic rings. The number of aromatic nitrogens is 3.